The molecule has 0 spiro atoms. The topological polar surface area (TPSA) is 35.2 Å². The summed E-state index contributed by atoms with van der Waals surface area (Å²) in [6, 6.07) is 0. The molecule has 2 N–H and O–H groups in total. The van der Waals surface area contributed by atoms with Crippen LogP contribution in [0, 0.1) is 0 Å². The molecule has 1 atom stereocenters. The molecule has 0 aromatic heterocycles. The molecule has 0 aliphatic carbocycles. The molecule has 0 aliphatic rings. The quantitative estimate of drug-likeness (QED) is 0.594. The minimum absolute atomic E-state index is 0. The van der Waals surface area contributed by atoms with Gasteiger partial charge in [-0.25, -0.2) is 19.1 Å². The van der Waals surface area contributed by atoms with Crippen LogP contribution < -0.4 is 5.90 Å². The van der Waals surface area contributed by atoms with Crippen molar-refractivity contribution in [3.05, 3.63) is 0 Å². The second-order valence-corrected chi connectivity index (χ2v) is 0.822. The molecule has 6 heteroatoms. The van der Waals surface area contributed by atoms with Crippen LogP contribution in [0.4, 0.5) is 13.2 Å². The first-order valence-electron chi connectivity index (χ1n) is 1.46. The molecule has 0 rings (SSSR count). The molecule has 0 heterocycles. The normalized spacial score (nSPS) is 13.1. The third-order valence-corrected chi connectivity index (χ3v) is 0.328. The van der Waals surface area contributed by atoms with Gasteiger partial charge in [-0.05, 0) is 0 Å². The molecule has 8 heavy (non-hydrogen) atoms. The van der Waals surface area contributed by atoms with E-state index in [0.717, 1.165) is 0 Å². The highest BCUT2D eigenvalue weighted by Gasteiger charge is 2.17. The van der Waals surface area contributed by atoms with E-state index in [1.165, 1.54) is 0 Å². The van der Waals surface area contributed by atoms with Gasteiger partial charge < -0.3 is 0 Å². The van der Waals surface area contributed by atoms with Crippen molar-refractivity contribution < 1.29 is 18.0 Å². The van der Waals surface area contributed by atoms with E-state index in [-0.39, 0.29) is 12.4 Å². The Labute approximate surface area is 50.2 Å². The highest BCUT2D eigenvalue weighted by Crippen LogP contribution is 2.02. The Morgan fingerprint density at radius 3 is 1.62 bits per heavy atom. The highest BCUT2D eigenvalue weighted by molar-refractivity contribution is 5.85. The summed E-state index contributed by atoms with van der Waals surface area (Å²) in [4.78, 5) is 3.09. The van der Waals surface area contributed by atoms with Crippen molar-refractivity contribution in [2.75, 3.05) is 0 Å². The smallest absolute Gasteiger partial charge is 0.261 e. The zero-order chi connectivity index (χ0) is 5.86. The second-order valence-electron chi connectivity index (χ2n) is 0.822. The van der Waals surface area contributed by atoms with Gasteiger partial charge in [-0.1, -0.05) is 0 Å². The number of rotatable bonds is 2. The van der Waals surface area contributed by atoms with Crippen LogP contribution >= 0.6 is 12.4 Å². The molecule has 52 valence electrons. The Kier molecular flexibility index (Phi) is 7.00. The summed E-state index contributed by atoms with van der Waals surface area (Å²) >= 11 is 0. The van der Waals surface area contributed by atoms with E-state index in [0.29, 0.717) is 0 Å². The number of hydrogen-bond donors (Lipinski definition) is 1. The molecule has 0 aromatic rings. The summed E-state index contributed by atoms with van der Waals surface area (Å²) in [5, 5.41) is 0. The van der Waals surface area contributed by atoms with E-state index in [4.69, 9.17) is 0 Å². The van der Waals surface area contributed by atoms with E-state index in [9.17, 15) is 13.2 Å². The highest BCUT2D eigenvalue weighted by atomic mass is 35.5. The molecular formula is C2H5ClF3NO. The van der Waals surface area contributed by atoms with Crippen LogP contribution in [0.3, 0.4) is 0 Å². The fourth-order valence-corrected chi connectivity index (χ4v) is 0.0594. The zero-order valence-corrected chi connectivity index (χ0v) is 4.50. The molecule has 0 fully saturated rings. The van der Waals surface area contributed by atoms with Crippen molar-refractivity contribution in [3.8, 4) is 0 Å². The maximum Gasteiger partial charge on any atom is 0.295 e. The summed E-state index contributed by atoms with van der Waals surface area (Å²) in [5.41, 5.74) is 0. The molecule has 0 radical (unpaired) electrons. The van der Waals surface area contributed by atoms with Crippen molar-refractivity contribution in [2.45, 2.75) is 12.8 Å². The molecular weight excluding hydrogens is 146 g/mol. The molecule has 0 saturated carbocycles. The van der Waals surface area contributed by atoms with Gasteiger partial charge >= 0.3 is 0 Å². The number of halogens is 4. The lowest BCUT2D eigenvalue weighted by atomic mass is 10.7. The molecule has 0 saturated heterocycles. The van der Waals surface area contributed by atoms with Gasteiger partial charge in [-0.3, -0.25) is 4.84 Å². The standard InChI is InChI=1S/C2H4F3NO.ClH/c3-1(4)2(5)7-6;/h1-2H,6H2;1H. The Bertz CT molecular complexity index is 54.5. The first-order valence-corrected chi connectivity index (χ1v) is 1.46. The monoisotopic (exact) mass is 151 g/mol. The lowest BCUT2D eigenvalue weighted by Crippen LogP contribution is -2.19. The predicted octanol–water partition coefficient (Wildman–Crippen LogP) is 0.859. The zero-order valence-electron chi connectivity index (χ0n) is 3.68. The van der Waals surface area contributed by atoms with Crippen LogP contribution in [0.5, 0.6) is 0 Å². The van der Waals surface area contributed by atoms with Gasteiger partial charge in [0.15, 0.2) is 0 Å². The third-order valence-electron chi connectivity index (χ3n) is 0.328. The predicted molar refractivity (Wildman–Crippen MR) is 23.4 cm³/mol. The maximum absolute atomic E-state index is 11.2. The van der Waals surface area contributed by atoms with Gasteiger partial charge in [-0.2, -0.15) is 0 Å². The van der Waals surface area contributed by atoms with Gasteiger partial charge in [0.25, 0.3) is 12.8 Å². The molecule has 0 aromatic carbocycles. The van der Waals surface area contributed by atoms with E-state index in [1.807, 2.05) is 0 Å². The van der Waals surface area contributed by atoms with Crippen LogP contribution in [0.2, 0.25) is 0 Å². The van der Waals surface area contributed by atoms with Gasteiger partial charge in [0.1, 0.15) is 0 Å². The van der Waals surface area contributed by atoms with Crippen molar-refractivity contribution in [1.82, 2.24) is 0 Å². The van der Waals surface area contributed by atoms with E-state index in [2.05, 4.69) is 10.7 Å². The first kappa shape index (κ1) is 10.9. The van der Waals surface area contributed by atoms with E-state index < -0.39 is 12.8 Å². The van der Waals surface area contributed by atoms with E-state index in [1.54, 1.807) is 0 Å². The van der Waals surface area contributed by atoms with Crippen molar-refractivity contribution in [1.29, 1.82) is 0 Å². The fourth-order valence-electron chi connectivity index (χ4n) is 0.0594. The summed E-state index contributed by atoms with van der Waals surface area (Å²) < 4.78 is 32.9. The Morgan fingerprint density at radius 2 is 1.62 bits per heavy atom. The van der Waals surface area contributed by atoms with Crippen LogP contribution in [0.15, 0.2) is 0 Å². The molecule has 0 amide bonds. The number of nitrogens with two attached hydrogens (primary N) is 1. The third kappa shape index (κ3) is 4.17. The number of alkyl halides is 3. The minimum Gasteiger partial charge on any atom is -0.261 e. The SMILES string of the molecule is Cl.NOC(F)C(F)F. The molecule has 0 aliphatic heterocycles. The van der Waals surface area contributed by atoms with Crippen LogP contribution in [-0.2, 0) is 4.84 Å². The van der Waals surface area contributed by atoms with E-state index >= 15 is 0 Å². The summed E-state index contributed by atoms with van der Waals surface area (Å²) in [6.45, 7) is 0. The largest absolute Gasteiger partial charge is 0.295 e. The second kappa shape index (κ2) is 5.14. The molecule has 0 bridgehead atoms. The van der Waals surface area contributed by atoms with Gasteiger partial charge in [0, 0.05) is 0 Å². The fraction of sp³-hybridized carbons (Fsp3) is 1.00. The van der Waals surface area contributed by atoms with Crippen LogP contribution in [-0.4, -0.2) is 12.8 Å². The average Bonchev–Trinajstić information content (AvgIpc) is 1.65. The lowest BCUT2D eigenvalue weighted by molar-refractivity contribution is -0.130. The van der Waals surface area contributed by atoms with Crippen molar-refractivity contribution in [3.63, 3.8) is 0 Å². The Balaban J connectivity index is 0. The van der Waals surface area contributed by atoms with Crippen molar-refractivity contribution in [2.24, 2.45) is 5.90 Å². The summed E-state index contributed by atoms with van der Waals surface area (Å²) in [7, 11) is 0. The average molecular weight is 152 g/mol. The molecule has 2 nitrogen and oxygen atoms in total. The van der Waals surface area contributed by atoms with Gasteiger partial charge in [-0.15, -0.1) is 12.4 Å². The first-order chi connectivity index (χ1) is 3.18. The van der Waals surface area contributed by atoms with Crippen LogP contribution in [0.1, 0.15) is 0 Å². The van der Waals surface area contributed by atoms with Crippen molar-refractivity contribution >= 4 is 12.4 Å². The van der Waals surface area contributed by atoms with Crippen LogP contribution in [0.25, 0.3) is 0 Å². The van der Waals surface area contributed by atoms with Gasteiger partial charge in [0.2, 0.25) is 0 Å². The number of hydrogen-bond acceptors (Lipinski definition) is 2. The minimum atomic E-state index is -3.15. The summed E-state index contributed by atoms with van der Waals surface area (Å²) in [6.07, 6.45) is -5.80. The Hall–Kier alpha value is -0.0000000000000000555. The Morgan fingerprint density at radius 1 is 1.25 bits per heavy atom. The lowest BCUT2D eigenvalue weighted by Gasteiger charge is -1.99. The maximum atomic E-state index is 11.2. The van der Waals surface area contributed by atoms with Gasteiger partial charge in [0.05, 0.1) is 0 Å². The molecule has 1 unspecified atom stereocenters. The summed E-state index contributed by atoms with van der Waals surface area (Å²) in [5.74, 6) is 4.02.